The molecule has 0 aromatic heterocycles. The third-order valence-electron chi connectivity index (χ3n) is 2.46. The monoisotopic (exact) mass is 153 g/mol. The minimum Gasteiger partial charge on any atom is -0.295 e. The van der Waals surface area contributed by atoms with E-state index in [2.05, 4.69) is 37.8 Å². The fraction of sp³-hybridized carbons (Fsp3) is 0.800. The van der Waals surface area contributed by atoms with E-state index < -0.39 is 0 Å². The van der Waals surface area contributed by atoms with Crippen molar-refractivity contribution in [3.63, 3.8) is 0 Å². The average Bonchev–Trinajstić information content (AvgIpc) is 2.13. The zero-order valence-electron chi connectivity index (χ0n) is 7.88. The number of rotatable bonds is 1. The molecule has 1 aliphatic heterocycles. The van der Waals surface area contributed by atoms with Crippen molar-refractivity contribution in [2.24, 2.45) is 0 Å². The first-order chi connectivity index (χ1) is 5.22. The van der Waals surface area contributed by atoms with Crippen molar-refractivity contribution >= 4 is 0 Å². The van der Waals surface area contributed by atoms with Gasteiger partial charge in [-0.15, -0.1) is 0 Å². The Kier molecular flexibility index (Phi) is 3.13. The summed E-state index contributed by atoms with van der Waals surface area (Å²) in [6.45, 7) is 8.01. The average molecular weight is 153 g/mol. The summed E-state index contributed by atoms with van der Waals surface area (Å²) >= 11 is 0. The van der Waals surface area contributed by atoms with Gasteiger partial charge in [0.25, 0.3) is 0 Å². The van der Waals surface area contributed by atoms with Crippen LogP contribution in [0.5, 0.6) is 0 Å². The smallest absolute Gasteiger partial charge is 0.0168 e. The van der Waals surface area contributed by atoms with Crippen molar-refractivity contribution in [1.29, 1.82) is 0 Å². The maximum Gasteiger partial charge on any atom is 0.0168 e. The fourth-order valence-corrected chi connectivity index (χ4v) is 1.72. The molecule has 1 rings (SSSR count). The van der Waals surface area contributed by atoms with Gasteiger partial charge in [0.15, 0.2) is 0 Å². The minimum absolute atomic E-state index is 0.688. The molecular formula is C10H19N. The highest BCUT2D eigenvalue weighted by atomic mass is 15.2. The molecule has 0 aromatic rings. The molecule has 1 unspecified atom stereocenters. The SMILES string of the molecule is CC(C)N1CC=CCCC1C. The van der Waals surface area contributed by atoms with Crippen LogP contribution >= 0.6 is 0 Å². The molecule has 0 fully saturated rings. The van der Waals surface area contributed by atoms with E-state index in [1.165, 1.54) is 12.8 Å². The lowest BCUT2D eigenvalue weighted by atomic mass is 10.1. The Morgan fingerprint density at radius 3 is 2.73 bits per heavy atom. The van der Waals surface area contributed by atoms with Crippen molar-refractivity contribution in [2.45, 2.75) is 45.7 Å². The van der Waals surface area contributed by atoms with Crippen molar-refractivity contribution in [3.05, 3.63) is 12.2 Å². The molecule has 0 saturated carbocycles. The zero-order valence-corrected chi connectivity index (χ0v) is 7.88. The van der Waals surface area contributed by atoms with Crippen molar-refractivity contribution in [3.8, 4) is 0 Å². The molecule has 0 spiro atoms. The van der Waals surface area contributed by atoms with E-state index in [9.17, 15) is 0 Å². The number of nitrogens with zero attached hydrogens (tertiary/aromatic N) is 1. The Hall–Kier alpha value is -0.300. The van der Waals surface area contributed by atoms with Gasteiger partial charge in [-0.1, -0.05) is 12.2 Å². The minimum atomic E-state index is 0.688. The Morgan fingerprint density at radius 1 is 1.36 bits per heavy atom. The van der Waals surface area contributed by atoms with Crippen molar-refractivity contribution in [1.82, 2.24) is 4.90 Å². The Morgan fingerprint density at radius 2 is 2.09 bits per heavy atom. The van der Waals surface area contributed by atoms with Crippen LogP contribution in [0, 0.1) is 0 Å². The quantitative estimate of drug-likeness (QED) is 0.523. The highest BCUT2D eigenvalue weighted by molar-refractivity contribution is 4.91. The van der Waals surface area contributed by atoms with Crippen LogP contribution in [0.15, 0.2) is 12.2 Å². The largest absolute Gasteiger partial charge is 0.295 e. The summed E-state index contributed by atoms with van der Waals surface area (Å²) in [6.07, 6.45) is 7.17. The summed E-state index contributed by atoms with van der Waals surface area (Å²) in [5, 5.41) is 0. The summed E-state index contributed by atoms with van der Waals surface area (Å²) in [5.41, 5.74) is 0. The van der Waals surface area contributed by atoms with Gasteiger partial charge >= 0.3 is 0 Å². The second kappa shape index (κ2) is 3.91. The lowest BCUT2D eigenvalue weighted by molar-refractivity contribution is 0.180. The van der Waals surface area contributed by atoms with E-state index in [1.54, 1.807) is 0 Å². The number of hydrogen-bond acceptors (Lipinski definition) is 1. The molecule has 0 radical (unpaired) electrons. The van der Waals surface area contributed by atoms with Crippen molar-refractivity contribution < 1.29 is 0 Å². The van der Waals surface area contributed by atoms with Gasteiger partial charge in [0, 0.05) is 18.6 Å². The number of hydrogen-bond donors (Lipinski definition) is 0. The van der Waals surface area contributed by atoms with Gasteiger partial charge in [-0.3, -0.25) is 4.90 Å². The van der Waals surface area contributed by atoms with Gasteiger partial charge in [-0.2, -0.15) is 0 Å². The van der Waals surface area contributed by atoms with Crippen LogP contribution < -0.4 is 0 Å². The van der Waals surface area contributed by atoms with Crippen LogP contribution in [0.3, 0.4) is 0 Å². The topological polar surface area (TPSA) is 3.24 Å². The first-order valence-corrected chi connectivity index (χ1v) is 4.62. The fourth-order valence-electron chi connectivity index (χ4n) is 1.72. The van der Waals surface area contributed by atoms with Crippen molar-refractivity contribution in [2.75, 3.05) is 6.54 Å². The zero-order chi connectivity index (χ0) is 8.27. The Bertz CT molecular complexity index is 138. The number of allylic oxidation sites excluding steroid dienone is 1. The van der Waals surface area contributed by atoms with Crippen LogP contribution in [0.1, 0.15) is 33.6 Å². The van der Waals surface area contributed by atoms with E-state index in [4.69, 9.17) is 0 Å². The lowest BCUT2D eigenvalue weighted by Gasteiger charge is -2.30. The van der Waals surface area contributed by atoms with Gasteiger partial charge < -0.3 is 0 Å². The normalized spacial score (nSPS) is 27.5. The molecule has 0 aromatic carbocycles. The van der Waals surface area contributed by atoms with E-state index in [0.29, 0.717) is 6.04 Å². The van der Waals surface area contributed by atoms with E-state index in [-0.39, 0.29) is 0 Å². The van der Waals surface area contributed by atoms with Gasteiger partial charge in [0.2, 0.25) is 0 Å². The highest BCUT2D eigenvalue weighted by Crippen LogP contribution is 2.13. The molecule has 1 heterocycles. The predicted molar refractivity (Wildman–Crippen MR) is 49.7 cm³/mol. The summed E-state index contributed by atoms with van der Waals surface area (Å²) < 4.78 is 0. The Balaban J connectivity index is 2.53. The van der Waals surface area contributed by atoms with Crippen LogP contribution in [0.25, 0.3) is 0 Å². The summed E-state index contributed by atoms with van der Waals surface area (Å²) in [7, 11) is 0. The molecular weight excluding hydrogens is 134 g/mol. The molecule has 1 atom stereocenters. The lowest BCUT2D eigenvalue weighted by Crippen LogP contribution is -2.37. The summed E-state index contributed by atoms with van der Waals surface area (Å²) in [6, 6.07) is 1.44. The third-order valence-corrected chi connectivity index (χ3v) is 2.46. The molecule has 11 heavy (non-hydrogen) atoms. The molecule has 0 N–H and O–H groups in total. The summed E-state index contributed by atoms with van der Waals surface area (Å²) in [4.78, 5) is 2.55. The molecule has 0 amide bonds. The molecule has 1 heteroatoms. The molecule has 64 valence electrons. The third kappa shape index (κ3) is 2.33. The second-order valence-electron chi connectivity index (χ2n) is 3.69. The highest BCUT2D eigenvalue weighted by Gasteiger charge is 2.16. The predicted octanol–water partition coefficient (Wildman–Crippen LogP) is 2.44. The van der Waals surface area contributed by atoms with Crippen LogP contribution in [0.2, 0.25) is 0 Å². The van der Waals surface area contributed by atoms with Gasteiger partial charge in [-0.05, 0) is 33.6 Å². The second-order valence-corrected chi connectivity index (χ2v) is 3.69. The van der Waals surface area contributed by atoms with E-state index in [1.807, 2.05) is 0 Å². The molecule has 0 saturated heterocycles. The van der Waals surface area contributed by atoms with Crippen LogP contribution in [-0.2, 0) is 0 Å². The van der Waals surface area contributed by atoms with Gasteiger partial charge in [-0.25, -0.2) is 0 Å². The van der Waals surface area contributed by atoms with Crippen LogP contribution in [-0.4, -0.2) is 23.5 Å². The standard InChI is InChI=1S/C10H19N/c1-9(2)11-8-6-4-5-7-10(11)3/h4,6,9-10H,5,7-8H2,1-3H3. The van der Waals surface area contributed by atoms with E-state index in [0.717, 1.165) is 12.6 Å². The summed E-state index contributed by atoms with van der Waals surface area (Å²) in [5.74, 6) is 0. The van der Waals surface area contributed by atoms with E-state index >= 15 is 0 Å². The molecule has 1 aliphatic rings. The Labute approximate surface area is 70.1 Å². The first-order valence-electron chi connectivity index (χ1n) is 4.62. The van der Waals surface area contributed by atoms with Crippen LogP contribution in [0.4, 0.5) is 0 Å². The maximum atomic E-state index is 2.55. The molecule has 0 bridgehead atoms. The first kappa shape index (κ1) is 8.79. The van der Waals surface area contributed by atoms with Gasteiger partial charge in [0.05, 0.1) is 0 Å². The van der Waals surface area contributed by atoms with Gasteiger partial charge in [0.1, 0.15) is 0 Å². The molecule has 0 aliphatic carbocycles. The molecule has 1 nitrogen and oxygen atoms in total. The maximum absolute atomic E-state index is 2.55.